The van der Waals surface area contributed by atoms with E-state index < -0.39 is 12.5 Å². The van der Waals surface area contributed by atoms with Crippen molar-refractivity contribution in [3.05, 3.63) is 28.8 Å². The summed E-state index contributed by atoms with van der Waals surface area (Å²) in [5.41, 5.74) is 5.81. The van der Waals surface area contributed by atoms with Crippen LogP contribution in [0.25, 0.3) is 0 Å². The Morgan fingerprint density at radius 2 is 1.94 bits per heavy atom. The molecule has 0 saturated carbocycles. The van der Waals surface area contributed by atoms with Gasteiger partial charge in [-0.15, -0.1) is 11.8 Å². The van der Waals surface area contributed by atoms with Crippen LogP contribution >= 0.6 is 23.4 Å². The van der Waals surface area contributed by atoms with E-state index in [9.17, 15) is 8.78 Å². The van der Waals surface area contributed by atoms with Crippen molar-refractivity contribution in [2.24, 2.45) is 5.73 Å². The molecule has 0 spiro atoms. The zero-order chi connectivity index (χ0) is 12.3. The van der Waals surface area contributed by atoms with Gasteiger partial charge in [0.2, 0.25) is 0 Å². The standard InChI is InChI=1S/C11H14ClF2NS/c1-6(2)16-8-5-3-4-7(12)9(8)10(15)11(13)14/h3-6,10-11H,15H2,1-2H3. The van der Waals surface area contributed by atoms with Crippen LogP contribution in [0.3, 0.4) is 0 Å². The Morgan fingerprint density at radius 3 is 2.44 bits per heavy atom. The fraction of sp³-hybridized carbons (Fsp3) is 0.455. The summed E-state index contributed by atoms with van der Waals surface area (Å²) in [6, 6.07) is 3.78. The molecule has 0 bridgehead atoms. The predicted octanol–water partition coefficient (Wildman–Crippen LogP) is 4.11. The molecule has 5 heteroatoms. The van der Waals surface area contributed by atoms with Gasteiger partial charge in [0.05, 0.1) is 6.04 Å². The smallest absolute Gasteiger partial charge is 0.257 e. The van der Waals surface area contributed by atoms with Crippen molar-refractivity contribution in [3.8, 4) is 0 Å². The van der Waals surface area contributed by atoms with Gasteiger partial charge < -0.3 is 5.73 Å². The molecule has 0 aliphatic carbocycles. The minimum atomic E-state index is -2.61. The largest absolute Gasteiger partial charge is 0.319 e. The average molecular weight is 266 g/mol. The molecule has 0 aromatic heterocycles. The topological polar surface area (TPSA) is 26.0 Å². The first kappa shape index (κ1) is 13.7. The number of thioether (sulfide) groups is 1. The number of halogens is 3. The molecule has 2 N–H and O–H groups in total. The average Bonchev–Trinajstić information content (AvgIpc) is 2.16. The van der Waals surface area contributed by atoms with Crippen LogP contribution in [0, 0.1) is 0 Å². The molecule has 0 heterocycles. The molecule has 90 valence electrons. The molecule has 0 radical (unpaired) electrons. The third kappa shape index (κ3) is 3.34. The molecule has 1 rings (SSSR count). The highest BCUT2D eigenvalue weighted by molar-refractivity contribution is 8.00. The Hall–Kier alpha value is -0.320. The predicted molar refractivity (Wildman–Crippen MR) is 65.4 cm³/mol. The van der Waals surface area contributed by atoms with Gasteiger partial charge in [0.15, 0.2) is 0 Å². The summed E-state index contributed by atoms with van der Waals surface area (Å²) in [6.07, 6.45) is -2.61. The maximum absolute atomic E-state index is 12.6. The van der Waals surface area contributed by atoms with Crippen molar-refractivity contribution in [1.29, 1.82) is 0 Å². The van der Waals surface area contributed by atoms with Crippen molar-refractivity contribution in [2.75, 3.05) is 0 Å². The van der Waals surface area contributed by atoms with Crippen molar-refractivity contribution in [1.82, 2.24) is 0 Å². The van der Waals surface area contributed by atoms with E-state index in [1.54, 1.807) is 18.2 Å². The van der Waals surface area contributed by atoms with Gasteiger partial charge in [-0.1, -0.05) is 31.5 Å². The highest BCUT2D eigenvalue weighted by Gasteiger charge is 2.23. The molecule has 1 atom stereocenters. The number of benzene rings is 1. The zero-order valence-corrected chi connectivity index (χ0v) is 10.7. The van der Waals surface area contributed by atoms with Crippen LogP contribution in [0.2, 0.25) is 5.02 Å². The summed E-state index contributed by atoms with van der Waals surface area (Å²) in [5, 5.41) is 0.598. The number of rotatable bonds is 4. The normalized spacial score (nSPS) is 13.5. The van der Waals surface area contributed by atoms with Gasteiger partial charge in [-0.3, -0.25) is 0 Å². The van der Waals surface area contributed by atoms with Gasteiger partial charge in [-0.05, 0) is 12.1 Å². The number of hydrogen-bond donors (Lipinski definition) is 1. The zero-order valence-electron chi connectivity index (χ0n) is 9.08. The first-order valence-corrected chi connectivity index (χ1v) is 6.18. The number of alkyl halides is 2. The van der Waals surface area contributed by atoms with Gasteiger partial charge >= 0.3 is 0 Å². The van der Waals surface area contributed by atoms with Crippen molar-refractivity contribution >= 4 is 23.4 Å². The fourth-order valence-electron chi connectivity index (χ4n) is 1.32. The summed E-state index contributed by atoms with van der Waals surface area (Å²) >= 11 is 7.41. The molecule has 1 nitrogen and oxygen atoms in total. The Kier molecular flexibility index (Phi) is 5.02. The second-order valence-corrected chi connectivity index (χ2v) is 5.70. The third-order valence-electron chi connectivity index (χ3n) is 1.98. The first-order valence-electron chi connectivity index (χ1n) is 4.92. The summed E-state index contributed by atoms with van der Waals surface area (Å²) < 4.78 is 25.2. The Bertz CT molecular complexity index is 358. The number of nitrogens with two attached hydrogens (primary N) is 1. The molecule has 0 aliphatic rings. The molecule has 0 amide bonds. The second-order valence-electron chi connectivity index (χ2n) is 3.68. The van der Waals surface area contributed by atoms with Crippen LogP contribution in [0.4, 0.5) is 8.78 Å². The molecular weight excluding hydrogens is 252 g/mol. The van der Waals surface area contributed by atoms with Crippen LogP contribution in [-0.4, -0.2) is 11.7 Å². The van der Waals surface area contributed by atoms with Crippen molar-refractivity contribution in [3.63, 3.8) is 0 Å². The lowest BCUT2D eigenvalue weighted by Gasteiger charge is -2.18. The fourth-order valence-corrected chi connectivity index (χ4v) is 2.72. The van der Waals surface area contributed by atoms with Gasteiger partial charge in [0.25, 0.3) is 6.43 Å². The summed E-state index contributed by atoms with van der Waals surface area (Å²) in [4.78, 5) is 0.732. The number of hydrogen-bond acceptors (Lipinski definition) is 2. The van der Waals surface area contributed by atoms with Crippen LogP contribution in [-0.2, 0) is 0 Å². The van der Waals surface area contributed by atoms with Crippen LogP contribution < -0.4 is 5.73 Å². The lowest BCUT2D eigenvalue weighted by molar-refractivity contribution is 0.115. The lowest BCUT2D eigenvalue weighted by atomic mass is 10.1. The van der Waals surface area contributed by atoms with Crippen LogP contribution in [0.1, 0.15) is 25.5 Å². The molecule has 0 fully saturated rings. The first-order chi connectivity index (χ1) is 7.43. The van der Waals surface area contributed by atoms with Crippen LogP contribution in [0.5, 0.6) is 0 Å². The highest BCUT2D eigenvalue weighted by Crippen LogP contribution is 2.36. The quantitative estimate of drug-likeness (QED) is 0.830. The van der Waals surface area contributed by atoms with E-state index in [0.717, 1.165) is 4.90 Å². The Morgan fingerprint density at radius 1 is 1.31 bits per heavy atom. The lowest BCUT2D eigenvalue weighted by Crippen LogP contribution is -2.20. The van der Waals surface area contributed by atoms with E-state index in [1.807, 2.05) is 13.8 Å². The van der Waals surface area contributed by atoms with Crippen molar-refractivity contribution in [2.45, 2.75) is 36.5 Å². The monoisotopic (exact) mass is 265 g/mol. The molecule has 1 aromatic rings. The van der Waals surface area contributed by atoms with Crippen LogP contribution in [0.15, 0.2) is 23.1 Å². The Labute approximate surface area is 103 Å². The van der Waals surface area contributed by atoms with Gasteiger partial charge in [-0.25, -0.2) is 8.78 Å². The maximum Gasteiger partial charge on any atom is 0.257 e. The molecule has 1 aromatic carbocycles. The second kappa shape index (κ2) is 5.84. The minimum absolute atomic E-state index is 0.294. The maximum atomic E-state index is 12.6. The highest BCUT2D eigenvalue weighted by atomic mass is 35.5. The Balaban J connectivity index is 3.12. The summed E-state index contributed by atoms with van der Waals surface area (Å²) in [6.45, 7) is 3.98. The van der Waals surface area contributed by atoms with Crippen molar-refractivity contribution < 1.29 is 8.78 Å². The van der Waals surface area contributed by atoms with E-state index in [1.165, 1.54) is 11.8 Å². The van der Waals surface area contributed by atoms with Gasteiger partial charge in [-0.2, -0.15) is 0 Å². The van der Waals surface area contributed by atoms with E-state index in [2.05, 4.69) is 0 Å². The third-order valence-corrected chi connectivity index (χ3v) is 3.39. The van der Waals surface area contributed by atoms with E-state index in [4.69, 9.17) is 17.3 Å². The molecule has 1 unspecified atom stereocenters. The van der Waals surface area contributed by atoms with E-state index in [-0.39, 0.29) is 0 Å². The van der Waals surface area contributed by atoms with E-state index in [0.29, 0.717) is 15.8 Å². The molecule has 0 aliphatic heterocycles. The summed E-state index contributed by atoms with van der Waals surface area (Å²) in [5.74, 6) is 0. The molecular formula is C11H14ClF2NS. The SMILES string of the molecule is CC(C)Sc1cccc(Cl)c1C(N)C(F)F. The minimum Gasteiger partial charge on any atom is -0.319 e. The van der Waals surface area contributed by atoms with Gasteiger partial charge in [0.1, 0.15) is 0 Å². The summed E-state index contributed by atoms with van der Waals surface area (Å²) in [7, 11) is 0. The molecule has 0 saturated heterocycles. The molecule has 16 heavy (non-hydrogen) atoms. The van der Waals surface area contributed by atoms with Gasteiger partial charge in [0, 0.05) is 20.7 Å². The van der Waals surface area contributed by atoms with E-state index >= 15 is 0 Å².